The van der Waals surface area contributed by atoms with Crippen molar-refractivity contribution in [1.29, 1.82) is 0 Å². The Kier molecular flexibility index (Phi) is 7.59. The van der Waals surface area contributed by atoms with Gasteiger partial charge in [-0.05, 0) is 67.3 Å². The third kappa shape index (κ3) is 5.31. The van der Waals surface area contributed by atoms with Crippen LogP contribution in [0.2, 0.25) is 5.02 Å². The summed E-state index contributed by atoms with van der Waals surface area (Å²) in [5.41, 5.74) is 4.20. The van der Waals surface area contributed by atoms with Gasteiger partial charge in [0, 0.05) is 10.7 Å². The van der Waals surface area contributed by atoms with Gasteiger partial charge in [0.05, 0.1) is 10.6 Å². The summed E-state index contributed by atoms with van der Waals surface area (Å²) in [7, 11) is -3.99. The standard InChI is InChI=1S/C25H27ClN2O3S/c1-4-19-7-6-8-20(5-2)25(19)27-24(29)17-28(22-13-9-18(3)10-14-22)32(30,31)23-15-11-21(26)12-16-23/h6-16H,4-5,17H2,1-3H3,(H,27,29). The Balaban J connectivity index is 1.97. The number of benzene rings is 3. The van der Waals surface area contributed by atoms with Crippen molar-refractivity contribution in [2.45, 2.75) is 38.5 Å². The first-order valence-electron chi connectivity index (χ1n) is 10.5. The van der Waals surface area contributed by atoms with E-state index in [1.165, 1.54) is 24.3 Å². The van der Waals surface area contributed by atoms with Crippen LogP contribution in [0.5, 0.6) is 0 Å². The van der Waals surface area contributed by atoms with Crippen molar-refractivity contribution >= 4 is 38.9 Å². The van der Waals surface area contributed by atoms with Crippen LogP contribution in [0.1, 0.15) is 30.5 Å². The maximum Gasteiger partial charge on any atom is 0.264 e. The molecule has 3 aromatic rings. The number of carbonyl (C=O) groups is 1. The molecule has 0 aromatic heterocycles. The molecule has 32 heavy (non-hydrogen) atoms. The van der Waals surface area contributed by atoms with Crippen LogP contribution in [0, 0.1) is 6.92 Å². The molecule has 0 aliphatic carbocycles. The van der Waals surface area contributed by atoms with Crippen LogP contribution in [0.4, 0.5) is 11.4 Å². The number of nitrogens with zero attached hydrogens (tertiary/aromatic N) is 1. The van der Waals surface area contributed by atoms with Gasteiger partial charge in [-0.25, -0.2) is 8.42 Å². The van der Waals surface area contributed by atoms with Crippen LogP contribution in [0.3, 0.4) is 0 Å². The van der Waals surface area contributed by atoms with E-state index >= 15 is 0 Å². The lowest BCUT2D eigenvalue weighted by atomic mass is 10.0. The third-order valence-electron chi connectivity index (χ3n) is 5.27. The molecular formula is C25H27ClN2O3S. The van der Waals surface area contributed by atoms with Gasteiger partial charge in [-0.3, -0.25) is 9.10 Å². The fourth-order valence-corrected chi connectivity index (χ4v) is 5.02. The number of rotatable bonds is 8. The molecular weight excluding hydrogens is 444 g/mol. The van der Waals surface area contributed by atoms with Crippen LogP contribution in [0.15, 0.2) is 71.6 Å². The van der Waals surface area contributed by atoms with E-state index < -0.39 is 15.9 Å². The summed E-state index contributed by atoms with van der Waals surface area (Å²) in [6, 6.07) is 18.9. The number of hydrogen-bond acceptors (Lipinski definition) is 3. The monoisotopic (exact) mass is 470 g/mol. The van der Waals surface area contributed by atoms with Crippen LogP contribution >= 0.6 is 11.6 Å². The van der Waals surface area contributed by atoms with Gasteiger partial charge in [0.25, 0.3) is 10.0 Å². The summed E-state index contributed by atoms with van der Waals surface area (Å²) in [6.07, 6.45) is 1.52. The number of halogens is 1. The summed E-state index contributed by atoms with van der Waals surface area (Å²) >= 11 is 5.93. The highest BCUT2D eigenvalue weighted by Gasteiger charge is 2.27. The fraction of sp³-hybridized carbons (Fsp3) is 0.240. The molecule has 3 aromatic carbocycles. The number of sulfonamides is 1. The van der Waals surface area contributed by atoms with Crippen molar-refractivity contribution in [3.63, 3.8) is 0 Å². The van der Waals surface area contributed by atoms with Gasteiger partial charge >= 0.3 is 0 Å². The molecule has 168 valence electrons. The normalized spacial score (nSPS) is 11.2. The van der Waals surface area contributed by atoms with Gasteiger partial charge in [-0.1, -0.05) is 61.3 Å². The van der Waals surface area contributed by atoms with Gasteiger partial charge in [0.2, 0.25) is 5.91 Å². The largest absolute Gasteiger partial charge is 0.324 e. The number of hydrogen-bond donors (Lipinski definition) is 1. The average Bonchev–Trinajstić information content (AvgIpc) is 2.78. The van der Waals surface area contributed by atoms with Crippen molar-refractivity contribution < 1.29 is 13.2 Å². The molecule has 5 nitrogen and oxygen atoms in total. The molecule has 0 saturated carbocycles. The molecule has 0 radical (unpaired) electrons. The number of para-hydroxylation sites is 1. The number of amides is 1. The first-order chi connectivity index (χ1) is 15.3. The van der Waals surface area contributed by atoms with Crippen LogP contribution in [-0.4, -0.2) is 20.9 Å². The highest BCUT2D eigenvalue weighted by molar-refractivity contribution is 7.92. The topological polar surface area (TPSA) is 66.5 Å². The number of aryl methyl sites for hydroxylation is 3. The Morgan fingerprint density at radius 1 is 0.906 bits per heavy atom. The van der Waals surface area contributed by atoms with E-state index in [2.05, 4.69) is 5.32 Å². The first kappa shape index (κ1) is 23.8. The molecule has 0 saturated heterocycles. The molecule has 0 aliphatic rings. The molecule has 0 bridgehead atoms. The highest BCUT2D eigenvalue weighted by Crippen LogP contribution is 2.26. The van der Waals surface area contributed by atoms with E-state index in [1.807, 2.05) is 51.1 Å². The summed E-state index contributed by atoms with van der Waals surface area (Å²) < 4.78 is 28.1. The Bertz CT molecular complexity index is 1170. The van der Waals surface area contributed by atoms with Crippen molar-refractivity contribution in [3.05, 3.63) is 88.4 Å². The van der Waals surface area contributed by atoms with E-state index in [0.717, 1.165) is 39.5 Å². The van der Waals surface area contributed by atoms with Crippen LogP contribution < -0.4 is 9.62 Å². The second-order valence-corrected chi connectivity index (χ2v) is 9.81. The highest BCUT2D eigenvalue weighted by atomic mass is 35.5. The predicted molar refractivity (Wildman–Crippen MR) is 131 cm³/mol. The van der Waals surface area contributed by atoms with Crippen LogP contribution in [0.25, 0.3) is 0 Å². The zero-order valence-electron chi connectivity index (χ0n) is 18.4. The Labute approximate surface area is 195 Å². The number of nitrogens with one attached hydrogen (secondary N) is 1. The SMILES string of the molecule is CCc1cccc(CC)c1NC(=O)CN(c1ccc(C)cc1)S(=O)(=O)c1ccc(Cl)cc1. The Morgan fingerprint density at radius 3 is 2.00 bits per heavy atom. The van der Waals surface area contributed by atoms with Gasteiger partial charge in [0.1, 0.15) is 6.54 Å². The van der Waals surface area contributed by atoms with E-state index in [1.54, 1.807) is 12.1 Å². The lowest BCUT2D eigenvalue weighted by Crippen LogP contribution is -2.38. The maximum absolute atomic E-state index is 13.5. The molecule has 0 heterocycles. The summed E-state index contributed by atoms with van der Waals surface area (Å²) in [5, 5.41) is 3.40. The smallest absolute Gasteiger partial charge is 0.264 e. The second-order valence-electron chi connectivity index (χ2n) is 7.51. The number of anilines is 2. The first-order valence-corrected chi connectivity index (χ1v) is 12.3. The van der Waals surface area contributed by atoms with E-state index in [4.69, 9.17) is 11.6 Å². The van der Waals surface area contributed by atoms with Crippen LogP contribution in [-0.2, 0) is 27.7 Å². The quantitative estimate of drug-likeness (QED) is 0.465. The summed E-state index contributed by atoms with van der Waals surface area (Å²) in [6.45, 7) is 5.61. The summed E-state index contributed by atoms with van der Waals surface area (Å²) in [5.74, 6) is -0.404. The molecule has 1 N–H and O–H groups in total. The Hall–Kier alpha value is -2.83. The zero-order valence-corrected chi connectivity index (χ0v) is 20.0. The average molecular weight is 471 g/mol. The molecule has 0 spiro atoms. The molecule has 7 heteroatoms. The van der Waals surface area contributed by atoms with Crippen molar-refractivity contribution in [2.24, 2.45) is 0 Å². The minimum absolute atomic E-state index is 0.0680. The minimum Gasteiger partial charge on any atom is -0.324 e. The fourth-order valence-electron chi connectivity index (χ4n) is 3.47. The molecule has 1 amide bonds. The minimum atomic E-state index is -3.99. The lowest BCUT2D eigenvalue weighted by molar-refractivity contribution is -0.114. The van der Waals surface area contributed by atoms with Gasteiger partial charge in [-0.2, -0.15) is 0 Å². The van der Waals surface area contributed by atoms with Gasteiger partial charge < -0.3 is 5.32 Å². The van der Waals surface area contributed by atoms with Crippen molar-refractivity contribution in [3.8, 4) is 0 Å². The van der Waals surface area contributed by atoms with E-state index in [-0.39, 0.29) is 11.4 Å². The maximum atomic E-state index is 13.5. The summed E-state index contributed by atoms with van der Waals surface area (Å²) in [4.78, 5) is 13.2. The predicted octanol–water partition coefficient (Wildman–Crippen LogP) is 5.61. The van der Waals surface area contributed by atoms with E-state index in [0.29, 0.717) is 10.7 Å². The number of carbonyl (C=O) groups excluding carboxylic acids is 1. The van der Waals surface area contributed by atoms with Gasteiger partial charge in [-0.15, -0.1) is 0 Å². The molecule has 0 unspecified atom stereocenters. The molecule has 0 atom stereocenters. The Morgan fingerprint density at radius 2 is 1.47 bits per heavy atom. The second kappa shape index (κ2) is 10.2. The molecule has 0 aliphatic heterocycles. The molecule has 3 rings (SSSR count). The van der Waals surface area contributed by atoms with Crippen molar-refractivity contribution in [2.75, 3.05) is 16.2 Å². The van der Waals surface area contributed by atoms with Crippen molar-refractivity contribution in [1.82, 2.24) is 0 Å². The zero-order chi connectivity index (χ0) is 23.3. The molecule has 0 fully saturated rings. The third-order valence-corrected chi connectivity index (χ3v) is 7.31. The lowest BCUT2D eigenvalue weighted by Gasteiger charge is -2.25. The van der Waals surface area contributed by atoms with Gasteiger partial charge in [0.15, 0.2) is 0 Å². The van der Waals surface area contributed by atoms with E-state index in [9.17, 15) is 13.2 Å².